The first-order valence-electron chi connectivity index (χ1n) is 6.66. The highest BCUT2D eigenvalue weighted by molar-refractivity contribution is 7.89. The van der Waals surface area contributed by atoms with Crippen LogP contribution in [0.3, 0.4) is 0 Å². The molecule has 0 unspecified atom stereocenters. The Hall–Kier alpha value is -1.92. The summed E-state index contributed by atoms with van der Waals surface area (Å²) in [7, 11) is -3.70. The summed E-state index contributed by atoms with van der Waals surface area (Å²) in [4.78, 5) is 10.9. The van der Waals surface area contributed by atoms with Gasteiger partial charge < -0.3 is 5.11 Å². The van der Waals surface area contributed by atoms with Crippen LogP contribution >= 0.6 is 0 Å². The molecule has 0 aliphatic heterocycles. The minimum absolute atomic E-state index is 0.0304. The van der Waals surface area contributed by atoms with Gasteiger partial charge in [-0.15, -0.1) is 0 Å². The number of hydrogen-bond acceptors (Lipinski definition) is 3. The number of benzene rings is 2. The Labute approximate surface area is 123 Å². The highest BCUT2D eigenvalue weighted by Gasteiger charge is 2.25. The van der Waals surface area contributed by atoms with E-state index in [-0.39, 0.29) is 24.4 Å². The minimum Gasteiger partial charge on any atom is -0.481 e. The average molecular weight is 307 g/mol. The number of carboxylic acid groups (broad SMARTS) is 1. The molecular weight excluding hydrogens is 290 g/mol. The summed E-state index contributed by atoms with van der Waals surface area (Å²) in [6.07, 6.45) is -0.210. The van der Waals surface area contributed by atoms with Crippen molar-refractivity contribution < 1.29 is 18.3 Å². The molecule has 2 aromatic rings. The van der Waals surface area contributed by atoms with Gasteiger partial charge in [0.05, 0.1) is 11.3 Å². The first-order valence-corrected chi connectivity index (χ1v) is 8.10. The van der Waals surface area contributed by atoms with Crippen LogP contribution in [0.1, 0.15) is 13.3 Å². The second-order valence-corrected chi connectivity index (χ2v) is 6.52. The molecule has 5 nitrogen and oxygen atoms in total. The van der Waals surface area contributed by atoms with Gasteiger partial charge in [0.1, 0.15) is 0 Å². The van der Waals surface area contributed by atoms with Crippen molar-refractivity contribution in [3.05, 3.63) is 42.5 Å². The van der Waals surface area contributed by atoms with Gasteiger partial charge >= 0.3 is 5.97 Å². The number of rotatable bonds is 6. The Morgan fingerprint density at radius 2 is 1.81 bits per heavy atom. The molecule has 0 aromatic heterocycles. The van der Waals surface area contributed by atoms with Crippen molar-refractivity contribution in [2.45, 2.75) is 18.2 Å². The van der Waals surface area contributed by atoms with Gasteiger partial charge in [-0.25, -0.2) is 8.42 Å². The fourth-order valence-corrected chi connectivity index (χ4v) is 3.89. The summed E-state index contributed by atoms with van der Waals surface area (Å²) in [5.74, 6) is -1.01. The molecule has 0 saturated heterocycles. The molecule has 0 spiro atoms. The molecular formula is C15H17NO4S. The number of carbonyl (C=O) groups is 1. The predicted molar refractivity (Wildman–Crippen MR) is 80.6 cm³/mol. The molecule has 21 heavy (non-hydrogen) atoms. The summed E-state index contributed by atoms with van der Waals surface area (Å²) >= 11 is 0. The smallest absolute Gasteiger partial charge is 0.304 e. The Morgan fingerprint density at radius 3 is 2.48 bits per heavy atom. The Bertz CT molecular complexity index is 750. The Kier molecular flexibility index (Phi) is 4.59. The van der Waals surface area contributed by atoms with E-state index in [1.54, 1.807) is 31.2 Å². The van der Waals surface area contributed by atoms with E-state index in [9.17, 15) is 13.2 Å². The summed E-state index contributed by atoms with van der Waals surface area (Å²) in [6.45, 7) is 1.90. The molecule has 2 rings (SSSR count). The molecule has 112 valence electrons. The lowest BCUT2D eigenvalue weighted by molar-refractivity contribution is -0.137. The second-order valence-electron chi connectivity index (χ2n) is 4.62. The van der Waals surface area contributed by atoms with Gasteiger partial charge in [0.25, 0.3) is 0 Å². The number of hydrogen-bond donors (Lipinski definition) is 1. The van der Waals surface area contributed by atoms with E-state index < -0.39 is 16.0 Å². The van der Waals surface area contributed by atoms with Crippen LogP contribution in [0.25, 0.3) is 10.8 Å². The van der Waals surface area contributed by atoms with Crippen molar-refractivity contribution in [2.24, 2.45) is 0 Å². The van der Waals surface area contributed by atoms with Crippen molar-refractivity contribution in [3.63, 3.8) is 0 Å². The second kappa shape index (κ2) is 6.24. The molecule has 0 bridgehead atoms. The monoisotopic (exact) mass is 307 g/mol. The lowest BCUT2D eigenvalue weighted by Crippen LogP contribution is -2.33. The lowest BCUT2D eigenvalue weighted by Gasteiger charge is -2.20. The van der Waals surface area contributed by atoms with Gasteiger partial charge in [-0.05, 0) is 11.5 Å². The van der Waals surface area contributed by atoms with E-state index in [2.05, 4.69) is 0 Å². The third kappa shape index (κ3) is 3.22. The van der Waals surface area contributed by atoms with E-state index >= 15 is 0 Å². The molecule has 0 aliphatic rings. The fraction of sp³-hybridized carbons (Fsp3) is 0.267. The predicted octanol–water partition coefficient (Wildman–Crippen LogP) is 2.33. The third-order valence-electron chi connectivity index (χ3n) is 3.30. The zero-order valence-electron chi connectivity index (χ0n) is 11.7. The van der Waals surface area contributed by atoms with Crippen LogP contribution in [0.5, 0.6) is 0 Å². The number of sulfonamides is 1. The van der Waals surface area contributed by atoms with Crippen LogP contribution in [0.15, 0.2) is 47.4 Å². The SMILES string of the molecule is CCN(CCC(=O)O)S(=O)(=O)c1cccc2ccccc12. The molecule has 0 radical (unpaired) electrons. The maximum absolute atomic E-state index is 12.7. The standard InChI is InChI=1S/C15H17NO4S/c1-2-16(11-10-15(17)18)21(19,20)14-9-5-7-12-6-3-4-8-13(12)14/h3-9H,2,10-11H2,1H3,(H,17,18). The number of nitrogens with zero attached hydrogens (tertiary/aromatic N) is 1. The van der Waals surface area contributed by atoms with Gasteiger partial charge in [-0.1, -0.05) is 43.3 Å². The quantitative estimate of drug-likeness (QED) is 0.888. The minimum atomic E-state index is -3.70. The van der Waals surface area contributed by atoms with Crippen LogP contribution in [-0.4, -0.2) is 36.9 Å². The first kappa shape index (κ1) is 15.5. The largest absolute Gasteiger partial charge is 0.481 e. The zero-order chi connectivity index (χ0) is 15.5. The summed E-state index contributed by atoms with van der Waals surface area (Å²) < 4.78 is 26.6. The first-order chi connectivity index (χ1) is 9.96. The van der Waals surface area contributed by atoms with Crippen molar-refractivity contribution >= 4 is 26.8 Å². The van der Waals surface area contributed by atoms with Crippen molar-refractivity contribution in [2.75, 3.05) is 13.1 Å². The lowest BCUT2D eigenvalue weighted by atomic mass is 10.1. The highest BCUT2D eigenvalue weighted by atomic mass is 32.2. The Morgan fingerprint density at radius 1 is 1.14 bits per heavy atom. The van der Waals surface area contributed by atoms with Crippen molar-refractivity contribution in [1.29, 1.82) is 0 Å². The maximum atomic E-state index is 12.7. The fourth-order valence-electron chi connectivity index (χ4n) is 2.23. The van der Waals surface area contributed by atoms with Gasteiger partial charge in [0, 0.05) is 18.5 Å². The van der Waals surface area contributed by atoms with Gasteiger partial charge in [-0.3, -0.25) is 4.79 Å². The molecule has 6 heteroatoms. The van der Waals surface area contributed by atoms with E-state index in [1.807, 2.05) is 18.2 Å². The van der Waals surface area contributed by atoms with Crippen molar-refractivity contribution in [1.82, 2.24) is 4.31 Å². The number of carboxylic acids is 1. The summed E-state index contributed by atoms with van der Waals surface area (Å²) in [6, 6.07) is 12.3. The molecule has 0 fully saturated rings. The average Bonchev–Trinajstić information content (AvgIpc) is 2.46. The van der Waals surface area contributed by atoms with Crippen LogP contribution < -0.4 is 0 Å². The third-order valence-corrected chi connectivity index (χ3v) is 5.33. The zero-order valence-corrected chi connectivity index (χ0v) is 12.5. The Balaban J connectivity index is 2.47. The molecule has 0 atom stereocenters. The summed E-state index contributed by atoms with van der Waals surface area (Å²) in [5, 5.41) is 10.2. The topological polar surface area (TPSA) is 74.7 Å². The molecule has 2 aromatic carbocycles. The molecule has 0 heterocycles. The molecule has 1 N–H and O–H groups in total. The van der Waals surface area contributed by atoms with E-state index in [0.29, 0.717) is 5.39 Å². The maximum Gasteiger partial charge on any atom is 0.304 e. The number of fused-ring (bicyclic) bond motifs is 1. The van der Waals surface area contributed by atoms with Crippen LogP contribution in [0.4, 0.5) is 0 Å². The van der Waals surface area contributed by atoms with E-state index in [4.69, 9.17) is 5.11 Å². The molecule has 0 amide bonds. The van der Waals surface area contributed by atoms with E-state index in [0.717, 1.165) is 5.39 Å². The number of aliphatic carboxylic acids is 1. The van der Waals surface area contributed by atoms with E-state index in [1.165, 1.54) is 4.31 Å². The van der Waals surface area contributed by atoms with Crippen molar-refractivity contribution in [3.8, 4) is 0 Å². The van der Waals surface area contributed by atoms with Gasteiger partial charge in [-0.2, -0.15) is 4.31 Å². The van der Waals surface area contributed by atoms with Crippen LogP contribution in [-0.2, 0) is 14.8 Å². The normalized spacial score (nSPS) is 11.9. The highest BCUT2D eigenvalue weighted by Crippen LogP contribution is 2.25. The van der Waals surface area contributed by atoms with Gasteiger partial charge in [0.2, 0.25) is 10.0 Å². The van der Waals surface area contributed by atoms with Crippen LogP contribution in [0.2, 0.25) is 0 Å². The molecule has 0 saturated carbocycles. The van der Waals surface area contributed by atoms with Crippen LogP contribution in [0, 0.1) is 0 Å². The summed E-state index contributed by atoms with van der Waals surface area (Å²) in [5.41, 5.74) is 0. The molecule has 0 aliphatic carbocycles. The van der Waals surface area contributed by atoms with Gasteiger partial charge in [0.15, 0.2) is 0 Å².